The molecule has 2 nitrogen and oxygen atoms in total. The van der Waals surface area contributed by atoms with E-state index in [0.29, 0.717) is 17.9 Å². The van der Waals surface area contributed by atoms with Crippen LogP contribution in [-0.4, -0.2) is 17.9 Å². The predicted octanol–water partition coefficient (Wildman–Crippen LogP) is 6.77. The third-order valence-electron chi connectivity index (χ3n) is 4.35. The van der Waals surface area contributed by atoms with Gasteiger partial charge in [0.2, 0.25) is 0 Å². The molecule has 0 aromatic rings. The van der Waals surface area contributed by atoms with Gasteiger partial charge in [-0.2, -0.15) is 0 Å². The number of nitrogens with one attached hydrogen (secondary N) is 1. The summed E-state index contributed by atoms with van der Waals surface area (Å²) in [5, 5.41) is 3.70. The van der Waals surface area contributed by atoms with Crippen molar-refractivity contribution in [3.05, 3.63) is 0 Å². The molecule has 0 aromatic heterocycles. The molecule has 0 spiro atoms. The number of Topliss-reactive ketones (excluding diaryl/α,β-unsaturated/α-hetero) is 1. The fourth-order valence-corrected chi connectivity index (χ4v) is 3.13. The predicted molar refractivity (Wildman–Crippen MR) is 110 cm³/mol. The van der Waals surface area contributed by atoms with Crippen LogP contribution in [0.25, 0.3) is 0 Å². The zero-order valence-electron chi connectivity index (χ0n) is 18.3. The number of carbonyl (C=O) groups is 1. The fourth-order valence-electron chi connectivity index (χ4n) is 3.13. The summed E-state index contributed by atoms with van der Waals surface area (Å²) in [6, 6.07) is 0.781. The van der Waals surface area contributed by atoms with Crippen LogP contribution in [-0.2, 0) is 4.79 Å². The number of ketones is 1. The van der Waals surface area contributed by atoms with E-state index in [0.717, 1.165) is 12.8 Å². The van der Waals surface area contributed by atoms with Crippen molar-refractivity contribution in [2.45, 2.75) is 126 Å². The highest BCUT2D eigenvalue weighted by molar-refractivity contribution is 5.86. The molecule has 0 amide bonds. The molecule has 2 heteroatoms. The van der Waals surface area contributed by atoms with Crippen LogP contribution >= 0.6 is 0 Å². The maximum absolute atomic E-state index is 13.0. The minimum atomic E-state index is -0.238. The summed E-state index contributed by atoms with van der Waals surface area (Å²) in [4.78, 5) is 13.0. The Morgan fingerprint density at radius 3 is 1.71 bits per heavy atom. The van der Waals surface area contributed by atoms with Gasteiger partial charge in [0, 0.05) is 23.4 Å². The summed E-state index contributed by atoms with van der Waals surface area (Å²) < 4.78 is 0. The van der Waals surface area contributed by atoms with E-state index in [2.05, 4.69) is 53.8 Å². The van der Waals surface area contributed by atoms with Gasteiger partial charge in [0.1, 0.15) is 5.78 Å². The molecule has 0 radical (unpaired) electrons. The smallest absolute Gasteiger partial charge is 0.142 e. The summed E-state index contributed by atoms with van der Waals surface area (Å²) in [7, 11) is 0. The number of unbranched alkanes of at least 4 members (excludes halogenated alkanes) is 4. The molecule has 0 bridgehead atoms. The molecule has 0 rings (SSSR count). The molecule has 1 unspecified atom stereocenters. The van der Waals surface area contributed by atoms with Crippen LogP contribution in [0.15, 0.2) is 0 Å². The zero-order valence-corrected chi connectivity index (χ0v) is 18.3. The summed E-state index contributed by atoms with van der Waals surface area (Å²) in [5.41, 5.74) is -0.238. The van der Waals surface area contributed by atoms with E-state index in [1.54, 1.807) is 0 Å². The second kappa shape index (κ2) is 14.9. The monoisotopic (exact) mass is 341 g/mol. The standard InChI is InChI=1S/C20H41NO.C2H6/c1-8-10-12-14-17(19(22)20(5,6)7)18(21-16(3)4)15-13-11-9-2;1-2/h16-18,21H,8-15H2,1-7H3;1-2H3/t17-,18?;/m0./s1. The van der Waals surface area contributed by atoms with Crippen LogP contribution in [0.5, 0.6) is 0 Å². The molecule has 0 saturated carbocycles. The van der Waals surface area contributed by atoms with Gasteiger partial charge in [-0.25, -0.2) is 0 Å². The Balaban J connectivity index is 0. The maximum Gasteiger partial charge on any atom is 0.142 e. The highest BCUT2D eigenvalue weighted by Gasteiger charge is 2.34. The van der Waals surface area contributed by atoms with Crippen LogP contribution in [0.1, 0.15) is 114 Å². The summed E-state index contributed by atoms with van der Waals surface area (Å²) in [6.45, 7) is 19.1. The molecule has 0 aromatic carbocycles. The van der Waals surface area contributed by atoms with Crippen molar-refractivity contribution in [2.24, 2.45) is 11.3 Å². The van der Waals surface area contributed by atoms with Gasteiger partial charge >= 0.3 is 0 Å². The first kappa shape index (κ1) is 25.9. The lowest BCUT2D eigenvalue weighted by atomic mass is 9.76. The summed E-state index contributed by atoms with van der Waals surface area (Å²) in [5.74, 6) is 0.615. The van der Waals surface area contributed by atoms with Crippen molar-refractivity contribution in [3.8, 4) is 0 Å². The number of rotatable bonds is 12. The Kier molecular flexibility index (Phi) is 16.1. The number of hydrogen-bond donors (Lipinski definition) is 1. The maximum atomic E-state index is 13.0. The number of hydrogen-bond acceptors (Lipinski definition) is 2. The average molecular weight is 342 g/mol. The van der Waals surface area contributed by atoms with Gasteiger partial charge in [-0.05, 0) is 12.8 Å². The van der Waals surface area contributed by atoms with Crippen molar-refractivity contribution in [1.82, 2.24) is 5.32 Å². The second-order valence-corrected chi connectivity index (χ2v) is 8.14. The van der Waals surface area contributed by atoms with Gasteiger partial charge in [-0.1, -0.05) is 101 Å². The topological polar surface area (TPSA) is 29.1 Å². The molecular weight excluding hydrogens is 294 g/mol. The number of carbonyl (C=O) groups excluding carboxylic acids is 1. The average Bonchev–Trinajstić information content (AvgIpc) is 2.51. The third-order valence-corrected chi connectivity index (χ3v) is 4.35. The van der Waals surface area contributed by atoms with Gasteiger partial charge in [-0.15, -0.1) is 0 Å². The van der Waals surface area contributed by atoms with E-state index in [1.807, 2.05) is 13.8 Å². The minimum Gasteiger partial charge on any atom is -0.311 e. The highest BCUT2D eigenvalue weighted by atomic mass is 16.1. The molecule has 0 aliphatic carbocycles. The van der Waals surface area contributed by atoms with Crippen molar-refractivity contribution in [2.75, 3.05) is 0 Å². The van der Waals surface area contributed by atoms with E-state index in [9.17, 15) is 4.79 Å². The van der Waals surface area contributed by atoms with Gasteiger partial charge in [0.15, 0.2) is 0 Å². The molecule has 0 saturated heterocycles. The molecule has 0 fully saturated rings. The normalized spacial score (nSPS) is 14.1. The quantitative estimate of drug-likeness (QED) is 0.397. The molecule has 2 atom stereocenters. The van der Waals surface area contributed by atoms with Crippen molar-refractivity contribution < 1.29 is 4.79 Å². The van der Waals surface area contributed by atoms with Crippen LogP contribution in [0.2, 0.25) is 0 Å². The first-order valence-corrected chi connectivity index (χ1v) is 10.5. The molecule has 0 aliphatic rings. The Hall–Kier alpha value is -0.370. The molecule has 0 aliphatic heterocycles. The lowest BCUT2D eigenvalue weighted by molar-refractivity contribution is -0.131. The zero-order chi connectivity index (χ0) is 19.2. The van der Waals surface area contributed by atoms with E-state index < -0.39 is 0 Å². The Labute approximate surface area is 153 Å². The van der Waals surface area contributed by atoms with Crippen LogP contribution < -0.4 is 5.32 Å². The summed E-state index contributed by atoms with van der Waals surface area (Å²) in [6.07, 6.45) is 9.52. The van der Waals surface area contributed by atoms with E-state index in [1.165, 1.54) is 38.5 Å². The Morgan fingerprint density at radius 1 is 0.875 bits per heavy atom. The Bertz CT molecular complexity index is 291. The van der Waals surface area contributed by atoms with Crippen LogP contribution in [0.3, 0.4) is 0 Å². The first-order valence-electron chi connectivity index (χ1n) is 10.5. The summed E-state index contributed by atoms with van der Waals surface area (Å²) >= 11 is 0. The largest absolute Gasteiger partial charge is 0.311 e. The van der Waals surface area contributed by atoms with Crippen molar-refractivity contribution >= 4 is 5.78 Å². The lowest BCUT2D eigenvalue weighted by Gasteiger charge is -2.33. The Morgan fingerprint density at radius 2 is 1.33 bits per heavy atom. The van der Waals surface area contributed by atoms with Crippen molar-refractivity contribution in [1.29, 1.82) is 0 Å². The lowest BCUT2D eigenvalue weighted by Crippen LogP contribution is -2.46. The minimum absolute atomic E-state index is 0.172. The van der Waals surface area contributed by atoms with Gasteiger partial charge in [-0.3, -0.25) is 4.79 Å². The van der Waals surface area contributed by atoms with Crippen LogP contribution in [0, 0.1) is 11.3 Å². The fraction of sp³-hybridized carbons (Fsp3) is 0.955. The third kappa shape index (κ3) is 12.1. The molecule has 24 heavy (non-hydrogen) atoms. The van der Waals surface area contributed by atoms with E-state index in [-0.39, 0.29) is 11.3 Å². The molecule has 0 heterocycles. The van der Waals surface area contributed by atoms with Gasteiger partial charge < -0.3 is 5.32 Å². The van der Waals surface area contributed by atoms with Gasteiger partial charge in [0.05, 0.1) is 0 Å². The van der Waals surface area contributed by atoms with Gasteiger partial charge in [0.25, 0.3) is 0 Å². The van der Waals surface area contributed by atoms with Crippen LogP contribution in [0.4, 0.5) is 0 Å². The van der Waals surface area contributed by atoms with E-state index >= 15 is 0 Å². The molecule has 1 N–H and O–H groups in total. The first-order chi connectivity index (χ1) is 11.2. The second-order valence-electron chi connectivity index (χ2n) is 8.14. The highest BCUT2D eigenvalue weighted by Crippen LogP contribution is 2.28. The van der Waals surface area contributed by atoms with E-state index in [4.69, 9.17) is 0 Å². The van der Waals surface area contributed by atoms with Crippen molar-refractivity contribution in [3.63, 3.8) is 0 Å². The molecular formula is C22H47NO. The SMILES string of the molecule is CC.CCCCCC(NC(C)C)[C@H](CCCCC)C(=O)C(C)(C)C. The molecule has 146 valence electrons.